The van der Waals surface area contributed by atoms with Crippen molar-refractivity contribution in [2.24, 2.45) is 17.8 Å². The summed E-state index contributed by atoms with van der Waals surface area (Å²) in [5, 5.41) is 3.45. The highest BCUT2D eigenvalue weighted by Gasteiger charge is 2.39. The molecule has 2 aliphatic rings. The molecule has 0 aromatic rings. The molecule has 1 N–H and O–H groups in total. The highest BCUT2D eigenvalue weighted by atomic mass is 15.1. The van der Waals surface area contributed by atoms with Crippen LogP contribution in [0, 0.1) is 17.8 Å². The quantitative estimate of drug-likeness (QED) is 0.745. The van der Waals surface area contributed by atoms with Gasteiger partial charge in [0.2, 0.25) is 0 Å². The lowest BCUT2D eigenvalue weighted by Crippen LogP contribution is -2.41. The van der Waals surface area contributed by atoms with Crippen molar-refractivity contribution in [3.8, 4) is 0 Å². The zero-order valence-electron chi connectivity index (χ0n) is 11.2. The highest BCUT2D eigenvalue weighted by Crippen LogP contribution is 2.48. The third-order valence-electron chi connectivity index (χ3n) is 4.85. The monoisotopic (exact) mass is 224 g/mol. The van der Waals surface area contributed by atoms with E-state index in [9.17, 15) is 0 Å². The Hall–Kier alpha value is -0.0800. The molecule has 2 heteroatoms. The summed E-state index contributed by atoms with van der Waals surface area (Å²) < 4.78 is 0. The van der Waals surface area contributed by atoms with E-state index in [2.05, 4.69) is 31.1 Å². The Morgan fingerprint density at radius 2 is 2.12 bits per heavy atom. The van der Waals surface area contributed by atoms with Crippen LogP contribution in [0.5, 0.6) is 0 Å². The molecular formula is C14H28N2. The van der Waals surface area contributed by atoms with Crippen molar-refractivity contribution in [1.82, 2.24) is 10.2 Å². The van der Waals surface area contributed by atoms with Gasteiger partial charge in [0.05, 0.1) is 0 Å². The Bertz CT molecular complexity index is 217. The van der Waals surface area contributed by atoms with Crippen LogP contribution in [0.25, 0.3) is 0 Å². The van der Waals surface area contributed by atoms with Gasteiger partial charge in [0.1, 0.15) is 0 Å². The molecule has 0 amide bonds. The Morgan fingerprint density at radius 3 is 2.69 bits per heavy atom. The number of hydrogen-bond donors (Lipinski definition) is 1. The van der Waals surface area contributed by atoms with Crippen molar-refractivity contribution < 1.29 is 0 Å². The molecular weight excluding hydrogens is 196 g/mol. The first-order chi connectivity index (χ1) is 7.70. The molecule has 4 atom stereocenters. The third kappa shape index (κ3) is 2.78. The van der Waals surface area contributed by atoms with Gasteiger partial charge in [-0.05, 0) is 57.5 Å². The summed E-state index contributed by atoms with van der Waals surface area (Å²) in [6.45, 7) is 8.08. The Morgan fingerprint density at radius 1 is 1.31 bits per heavy atom. The number of hydrogen-bond acceptors (Lipinski definition) is 2. The maximum absolute atomic E-state index is 3.45. The van der Waals surface area contributed by atoms with Gasteiger partial charge in [0, 0.05) is 19.1 Å². The minimum atomic E-state index is 0.680. The van der Waals surface area contributed by atoms with E-state index in [1.165, 1.54) is 25.8 Å². The molecule has 0 aliphatic heterocycles. The minimum Gasteiger partial charge on any atom is -0.315 e. The molecule has 0 saturated heterocycles. The number of fused-ring (bicyclic) bond motifs is 2. The van der Waals surface area contributed by atoms with E-state index in [1.54, 1.807) is 6.42 Å². The highest BCUT2D eigenvalue weighted by molar-refractivity contribution is 4.91. The van der Waals surface area contributed by atoms with Crippen LogP contribution in [0.2, 0.25) is 0 Å². The van der Waals surface area contributed by atoms with Gasteiger partial charge in [-0.15, -0.1) is 0 Å². The smallest absolute Gasteiger partial charge is 0.0189 e. The van der Waals surface area contributed by atoms with E-state index >= 15 is 0 Å². The van der Waals surface area contributed by atoms with Crippen molar-refractivity contribution >= 4 is 0 Å². The van der Waals surface area contributed by atoms with Crippen LogP contribution in [-0.4, -0.2) is 37.6 Å². The second-order valence-corrected chi connectivity index (χ2v) is 6.03. The van der Waals surface area contributed by atoms with E-state index in [0.29, 0.717) is 6.04 Å². The van der Waals surface area contributed by atoms with Crippen LogP contribution in [0.4, 0.5) is 0 Å². The van der Waals surface area contributed by atoms with E-state index in [4.69, 9.17) is 0 Å². The average molecular weight is 224 g/mol. The summed E-state index contributed by atoms with van der Waals surface area (Å²) in [6.07, 6.45) is 6.10. The van der Waals surface area contributed by atoms with Crippen molar-refractivity contribution in [1.29, 1.82) is 0 Å². The van der Waals surface area contributed by atoms with Gasteiger partial charge in [-0.3, -0.25) is 0 Å². The van der Waals surface area contributed by atoms with Crippen LogP contribution in [0.1, 0.15) is 39.5 Å². The van der Waals surface area contributed by atoms with Crippen LogP contribution >= 0.6 is 0 Å². The predicted octanol–water partition coefficient (Wildman–Crippen LogP) is 2.35. The minimum absolute atomic E-state index is 0.680. The molecule has 2 bridgehead atoms. The van der Waals surface area contributed by atoms with Crippen molar-refractivity contribution in [2.75, 3.05) is 26.7 Å². The van der Waals surface area contributed by atoms with Gasteiger partial charge >= 0.3 is 0 Å². The topological polar surface area (TPSA) is 15.3 Å². The summed E-state index contributed by atoms with van der Waals surface area (Å²) in [5.74, 6) is 3.17. The van der Waals surface area contributed by atoms with E-state index in [0.717, 1.165) is 30.8 Å². The van der Waals surface area contributed by atoms with Crippen LogP contribution in [0.3, 0.4) is 0 Å². The first-order valence-electron chi connectivity index (χ1n) is 7.11. The number of nitrogens with zero attached hydrogens (tertiary/aromatic N) is 1. The molecule has 16 heavy (non-hydrogen) atoms. The molecule has 94 valence electrons. The van der Waals surface area contributed by atoms with Crippen LogP contribution in [0.15, 0.2) is 0 Å². The van der Waals surface area contributed by atoms with Crippen LogP contribution in [-0.2, 0) is 0 Å². The lowest BCUT2D eigenvalue weighted by Gasteiger charge is -2.31. The van der Waals surface area contributed by atoms with Crippen molar-refractivity contribution in [2.45, 2.75) is 45.6 Å². The van der Waals surface area contributed by atoms with Gasteiger partial charge in [0.25, 0.3) is 0 Å². The third-order valence-corrected chi connectivity index (χ3v) is 4.85. The second-order valence-electron chi connectivity index (χ2n) is 6.03. The SMILES string of the molecule is CCNCC(C)N(C)CC1CC2CCC1C2. The summed E-state index contributed by atoms with van der Waals surface area (Å²) in [4.78, 5) is 2.56. The van der Waals surface area contributed by atoms with Gasteiger partial charge < -0.3 is 10.2 Å². The van der Waals surface area contributed by atoms with E-state index in [-0.39, 0.29) is 0 Å². The Balaban J connectivity index is 1.72. The standard InChI is InChI=1S/C14H28N2/c1-4-15-9-11(2)16(3)10-14-8-12-5-6-13(14)7-12/h11-15H,4-10H2,1-3H3. The Kier molecular flexibility index (Phi) is 4.26. The van der Waals surface area contributed by atoms with Gasteiger partial charge in [-0.2, -0.15) is 0 Å². The lowest BCUT2D eigenvalue weighted by atomic mass is 9.88. The van der Waals surface area contributed by atoms with Crippen molar-refractivity contribution in [3.63, 3.8) is 0 Å². The summed E-state index contributed by atoms with van der Waals surface area (Å²) >= 11 is 0. The van der Waals surface area contributed by atoms with Crippen LogP contribution < -0.4 is 5.32 Å². The summed E-state index contributed by atoms with van der Waals surface area (Å²) in [5.41, 5.74) is 0. The number of likely N-dealkylation sites (N-methyl/N-ethyl adjacent to an activating group) is 2. The Labute approximate surface area is 101 Å². The first-order valence-corrected chi connectivity index (χ1v) is 7.11. The molecule has 0 heterocycles. The van der Waals surface area contributed by atoms with Crippen molar-refractivity contribution in [3.05, 3.63) is 0 Å². The zero-order valence-corrected chi connectivity index (χ0v) is 11.2. The number of rotatable bonds is 6. The fraction of sp³-hybridized carbons (Fsp3) is 1.00. The molecule has 0 spiro atoms. The summed E-state index contributed by atoms with van der Waals surface area (Å²) in [6, 6.07) is 0.680. The van der Waals surface area contributed by atoms with E-state index < -0.39 is 0 Å². The predicted molar refractivity (Wildman–Crippen MR) is 69.6 cm³/mol. The molecule has 2 fully saturated rings. The van der Waals surface area contributed by atoms with Gasteiger partial charge in [-0.25, -0.2) is 0 Å². The van der Waals surface area contributed by atoms with E-state index in [1.807, 2.05) is 0 Å². The normalized spacial score (nSPS) is 34.9. The molecule has 2 aliphatic carbocycles. The largest absolute Gasteiger partial charge is 0.315 e. The molecule has 2 rings (SSSR count). The molecule has 2 saturated carbocycles. The molecule has 0 aromatic carbocycles. The molecule has 4 unspecified atom stereocenters. The van der Waals surface area contributed by atoms with Gasteiger partial charge in [0.15, 0.2) is 0 Å². The van der Waals surface area contributed by atoms with Gasteiger partial charge in [-0.1, -0.05) is 13.3 Å². The summed E-state index contributed by atoms with van der Waals surface area (Å²) in [7, 11) is 2.30. The molecule has 0 aromatic heterocycles. The first kappa shape index (κ1) is 12.4. The second kappa shape index (κ2) is 5.50. The lowest BCUT2D eigenvalue weighted by molar-refractivity contribution is 0.179. The maximum atomic E-state index is 3.45. The fourth-order valence-corrected chi connectivity index (χ4v) is 3.66. The fourth-order valence-electron chi connectivity index (χ4n) is 3.66. The zero-order chi connectivity index (χ0) is 11.5. The average Bonchev–Trinajstić information content (AvgIpc) is 2.87. The molecule has 0 radical (unpaired) electrons. The molecule has 2 nitrogen and oxygen atoms in total. The maximum Gasteiger partial charge on any atom is 0.0189 e. The number of nitrogens with one attached hydrogen (secondary N) is 1.